The lowest BCUT2D eigenvalue weighted by atomic mass is 10.3. The van der Waals surface area contributed by atoms with Gasteiger partial charge in [0, 0.05) is 17.3 Å². The maximum absolute atomic E-state index is 11.3. The molecule has 0 atom stereocenters. The third-order valence-electron chi connectivity index (χ3n) is 2.65. The molecule has 0 aliphatic rings. The van der Waals surface area contributed by atoms with Crippen LogP contribution in [-0.4, -0.2) is 21.4 Å². The fraction of sp³-hybridized carbons (Fsp3) is 0.231. The smallest absolute Gasteiger partial charge is 0.353 e. The Morgan fingerprint density at radius 1 is 1.24 bits per heavy atom. The molecule has 1 aromatic heterocycles. The molecular weight excluding hydrogens is 294 g/mol. The van der Waals surface area contributed by atoms with Crippen molar-refractivity contribution in [3.8, 4) is 0 Å². The number of nitrogens with zero attached hydrogens (tertiary/aromatic N) is 3. The Labute approximate surface area is 126 Å². The molecule has 21 heavy (non-hydrogen) atoms. The highest BCUT2D eigenvalue weighted by atomic mass is 35.5. The minimum Gasteiger partial charge on any atom is -0.364 e. The molecule has 2 N–H and O–H groups in total. The van der Waals surface area contributed by atoms with Crippen LogP contribution in [0.1, 0.15) is 13.3 Å². The van der Waals surface area contributed by atoms with Crippen molar-refractivity contribution in [3.05, 3.63) is 45.7 Å². The van der Waals surface area contributed by atoms with Gasteiger partial charge >= 0.3 is 5.69 Å². The first-order chi connectivity index (χ1) is 10.1. The third kappa shape index (κ3) is 3.79. The molecule has 7 nitrogen and oxygen atoms in total. The highest BCUT2D eigenvalue weighted by Crippen LogP contribution is 2.31. The van der Waals surface area contributed by atoms with E-state index < -0.39 is 4.92 Å². The number of rotatable bonds is 6. The van der Waals surface area contributed by atoms with Crippen LogP contribution in [0.2, 0.25) is 5.02 Å². The molecule has 0 saturated heterocycles. The van der Waals surface area contributed by atoms with E-state index in [9.17, 15) is 10.1 Å². The molecule has 0 spiro atoms. The van der Waals surface area contributed by atoms with Gasteiger partial charge in [-0.15, -0.1) is 0 Å². The number of nitro groups is 1. The number of anilines is 3. The fourth-order valence-corrected chi connectivity index (χ4v) is 1.81. The Bertz CT molecular complexity index is 633. The maximum atomic E-state index is 11.3. The Morgan fingerprint density at radius 2 is 1.90 bits per heavy atom. The second kappa shape index (κ2) is 6.85. The topological polar surface area (TPSA) is 93.0 Å². The summed E-state index contributed by atoms with van der Waals surface area (Å²) in [7, 11) is 0. The molecule has 0 saturated carbocycles. The maximum Gasteiger partial charge on any atom is 0.353 e. The van der Waals surface area contributed by atoms with E-state index in [1.807, 2.05) is 6.92 Å². The lowest BCUT2D eigenvalue weighted by Gasteiger charge is -2.09. The van der Waals surface area contributed by atoms with Gasteiger partial charge in [0.25, 0.3) is 0 Å². The summed E-state index contributed by atoms with van der Waals surface area (Å²) in [4.78, 5) is 18.6. The minimum atomic E-state index is -0.504. The Balaban J connectivity index is 2.33. The van der Waals surface area contributed by atoms with Crippen molar-refractivity contribution < 1.29 is 4.92 Å². The molecule has 0 unspecified atom stereocenters. The van der Waals surface area contributed by atoms with Crippen molar-refractivity contribution in [2.24, 2.45) is 0 Å². The second-order valence-corrected chi connectivity index (χ2v) is 4.67. The van der Waals surface area contributed by atoms with Gasteiger partial charge in [-0.25, -0.2) is 9.97 Å². The van der Waals surface area contributed by atoms with Crippen LogP contribution in [0.3, 0.4) is 0 Å². The monoisotopic (exact) mass is 307 g/mol. The normalized spacial score (nSPS) is 10.2. The molecule has 0 amide bonds. The van der Waals surface area contributed by atoms with Crippen LogP contribution in [0.5, 0.6) is 0 Å². The summed E-state index contributed by atoms with van der Waals surface area (Å²) in [6.45, 7) is 2.56. The van der Waals surface area contributed by atoms with Gasteiger partial charge in [0.15, 0.2) is 0 Å². The SMILES string of the molecule is CCCNc1ncnc(Nc2ccc(Cl)cc2)c1[N+](=O)[O-]. The summed E-state index contributed by atoms with van der Waals surface area (Å²) in [6, 6.07) is 6.81. The van der Waals surface area contributed by atoms with Crippen molar-refractivity contribution in [3.63, 3.8) is 0 Å². The Hall–Kier alpha value is -2.41. The van der Waals surface area contributed by atoms with Crippen molar-refractivity contribution in [2.75, 3.05) is 17.2 Å². The summed E-state index contributed by atoms with van der Waals surface area (Å²) in [5.74, 6) is 0.337. The van der Waals surface area contributed by atoms with E-state index in [0.29, 0.717) is 17.3 Å². The second-order valence-electron chi connectivity index (χ2n) is 4.24. The highest BCUT2D eigenvalue weighted by molar-refractivity contribution is 6.30. The van der Waals surface area contributed by atoms with Gasteiger partial charge in [-0.05, 0) is 30.7 Å². The molecule has 0 aliphatic carbocycles. The van der Waals surface area contributed by atoms with Crippen LogP contribution < -0.4 is 10.6 Å². The average molecular weight is 308 g/mol. The van der Waals surface area contributed by atoms with Gasteiger partial charge in [-0.1, -0.05) is 18.5 Å². The van der Waals surface area contributed by atoms with Gasteiger partial charge < -0.3 is 10.6 Å². The largest absolute Gasteiger partial charge is 0.364 e. The molecule has 1 heterocycles. The zero-order valence-electron chi connectivity index (χ0n) is 11.3. The summed E-state index contributed by atoms with van der Waals surface area (Å²) in [5, 5.41) is 17.7. The van der Waals surface area contributed by atoms with Gasteiger partial charge in [0.05, 0.1) is 4.92 Å². The van der Waals surface area contributed by atoms with Crippen LogP contribution in [0, 0.1) is 10.1 Å². The predicted molar refractivity (Wildman–Crippen MR) is 82.2 cm³/mol. The number of nitrogens with one attached hydrogen (secondary N) is 2. The van der Waals surface area contributed by atoms with E-state index in [1.165, 1.54) is 6.33 Å². The molecule has 1 aromatic carbocycles. The first-order valence-corrected chi connectivity index (χ1v) is 6.75. The predicted octanol–water partition coefficient (Wildman–Crippen LogP) is 3.60. The van der Waals surface area contributed by atoms with E-state index >= 15 is 0 Å². The summed E-state index contributed by atoms with van der Waals surface area (Å²) in [6.07, 6.45) is 2.12. The molecule has 8 heteroatoms. The van der Waals surface area contributed by atoms with Gasteiger partial charge in [0.1, 0.15) is 6.33 Å². The Kier molecular flexibility index (Phi) is 4.89. The van der Waals surface area contributed by atoms with E-state index in [2.05, 4.69) is 20.6 Å². The lowest BCUT2D eigenvalue weighted by Crippen LogP contribution is -2.08. The van der Waals surface area contributed by atoms with Gasteiger partial charge in [-0.2, -0.15) is 0 Å². The first-order valence-electron chi connectivity index (χ1n) is 6.37. The summed E-state index contributed by atoms with van der Waals surface area (Å²) >= 11 is 5.81. The number of halogens is 1. The highest BCUT2D eigenvalue weighted by Gasteiger charge is 2.22. The van der Waals surface area contributed by atoms with Crippen molar-refractivity contribution >= 4 is 34.6 Å². The first kappa shape index (κ1) is 15.0. The number of aromatic nitrogens is 2. The van der Waals surface area contributed by atoms with Crippen LogP contribution in [0.25, 0.3) is 0 Å². The average Bonchev–Trinajstić information content (AvgIpc) is 2.47. The number of hydrogen-bond acceptors (Lipinski definition) is 6. The van der Waals surface area contributed by atoms with Crippen LogP contribution in [0.4, 0.5) is 23.0 Å². The van der Waals surface area contributed by atoms with Crippen LogP contribution in [-0.2, 0) is 0 Å². The standard InChI is InChI=1S/C13H14ClN5O2/c1-2-7-15-12-11(19(20)21)13(17-8-16-12)18-10-5-3-9(14)4-6-10/h3-6,8H,2,7H2,1H3,(H2,15,16,17,18). The molecule has 0 fully saturated rings. The number of benzene rings is 1. The number of hydrogen-bond donors (Lipinski definition) is 2. The molecular formula is C13H14ClN5O2. The van der Waals surface area contributed by atoms with Crippen LogP contribution >= 0.6 is 11.6 Å². The summed E-state index contributed by atoms with van der Waals surface area (Å²) < 4.78 is 0. The molecule has 2 aromatic rings. The van der Waals surface area contributed by atoms with Crippen molar-refractivity contribution in [1.29, 1.82) is 0 Å². The van der Waals surface area contributed by atoms with Gasteiger partial charge in [-0.3, -0.25) is 10.1 Å². The van der Waals surface area contributed by atoms with Crippen molar-refractivity contribution in [2.45, 2.75) is 13.3 Å². The molecule has 0 aliphatic heterocycles. The molecule has 0 bridgehead atoms. The van der Waals surface area contributed by atoms with E-state index in [0.717, 1.165) is 6.42 Å². The molecule has 0 radical (unpaired) electrons. The zero-order chi connectivity index (χ0) is 15.2. The van der Waals surface area contributed by atoms with E-state index in [1.54, 1.807) is 24.3 Å². The fourth-order valence-electron chi connectivity index (χ4n) is 1.69. The summed E-state index contributed by atoms with van der Waals surface area (Å²) in [5.41, 5.74) is 0.476. The van der Waals surface area contributed by atoms with Crippen LogP contribution in [0.15, 0.2) is 30.6 Å². The van der Waals surface area contributed by atoms with E-state index in [4.69, 9.17) is 11.6 Å². The lowest BCUT2D eigenvalue weighted by molar-refractivity contribution is -0.383. The Morgan fingerprint density at radius 3 is 2.52 bits per heavy atom. The van der Waals surface area contributed by atoms with Gasteiger partial charge in [0.2, 0.25) is 11.6 Å². The third-order valence-corrected chi connectivity index (χ3v) is 2.91. The molecule has 2 rings (SSSR count). The quantitative estimate of drug-likeness (QED) is 0.625. The zero-order valence-corrected chi connectivity index (χ0v) is 12.1. The van der Waals surface area contributed by atoms with E-state index in [-0.39, 0.29) is 17.3 Å². The molecule has 110 valence electrons. The minimum absolute atomic E-state index is 0.135. The van der Waals surface area contributed by atoms with Crippen molar-refractivity contribution in [1.82, 2.24) is 9.97 Å².